The molecule has 1 aliphatic rings. The first kappa shape index (κ1) is 17.8. The van der Waals surface area contributed by atoms with E-state index in [1.165, 1.54) is 44.9 Å². The molecule has 0 heterocycles. The van der Waals surface area contributed by atoms with Crippen LogP contribution in [0.25, 0.3) is 0 Å². The quantitative estimate of drug-likeness (QED) is 0.715. The molecule has 1 rings (SSSR count). The first-order valence-corrected chi connectivity index (χ1v) is 8.30. The Kier molecular flexibility index (Phi) is 8.58. The van der Waals surface area contributed by atoms with Crippen molar-refractivity contribution in [3.63, 3.8) is 0 Å². The molecule has 4 heteroatoms. The molecule has 0 aromatic rings. The maximum absolute atomic E-state index is 12.4. The summed E-state index contributed by atoms with van der Waals surface area (Å²) in [5, 5.41) is 3.21. The van der Waals surface area contributed by atoms with Gasteiger partial charge < -0.3 is 5.32 Å². The molecule has 0 saturated heterocycles. The number of rotatable bonds is 3. The Hall–Kier alpha value is -0.250. The van der Waals surface area contributed by atoms with Gasteiger partial charge in [0.05, 0.1) is 6.42 Å². The molecule has 1 aliphatic carbocycles. The van der Waals surface area contributed by atoms with E-state index >= 15 is 0 Å². The Labute approximate surface area is 121 Å². The Morgan fingerprint density at radius 2 is 1.25 bits per heavy atom. The van der Waals surface area contributed by atoms with Gasteiger partial charge in [-0.3, -0.25) is 0 Å². The lowest BCUT2D eigenvalue weighted by atomic mass is 9.97. The van der Waals surface area contributed by atoms with Gasteiger partial charge in [-0.15, -0.1) is 0 Å². The highest BCUT2D eigenvalue weighted by Crippen LogP contribution is 2.23. The summed E-state index contributed by atoms with van der Waals surface area (Å²) in [4.78, 5) is 0. The number of halogens is 3. The average molecular weight is 293 g/mol. The second kappa shape index (κ2) is 9.64. The van der Waals surface area contributed by atoms with Gasteiger partial charge in [0.1, 0.15) is 0 Å². The molecule has 1 nitrogen and oxygen atoms in total. The van der Waals surface area contributed by atoms with Gasteiger partial charge in [-0.05, 0) is 19.8 Å². The number of alkyl halides is 3. The highest BCUT2D eigenvalue weighted by Gasteiger charge is 2.30. The molecule has 1 atom stereocenters. The summed E-state index contributed by atoms with van der Waals surface area (Å²) in [7, 11) is 0. The highest BCUT2D eigenvalue weighted by molar-refractivity contribution is 4.74. The van der Waals surface area contributed by atoms with Crippen LogP contribution < -0.4 is 5.32 Å². The molecule has 0 amide bonds. The van der Waals surface area contributed by atoms with E-state index in [1.54, 1.807) is 6.92 Å². The predicted molar refractivity (Wildman–Crippen MR) is 77.8 cm³/mol. The highest BCUT2D eigenvalue weighted by atomic mass is 19.4. The van der Waals surface area contributed by atoms with Crippen LogP contribution in [0.15, 0.2) is 0 Å². The maximum atomic E-state index is 12.4. The fraction of sp³-hybridized carbons (Fsp3) is 1.00. The number of hydrogen-bond donors (Lipinski definition) is 1. The smallest absolute Gasteiger partial charge is 0.311 e. The van der Waals surface area contributed by atoms with Crippen molar-refractivity contribution < 1.29 is 13.2 Å². The van der Waals surface area contributed by atoms with Crippen molar-refractivity contribution in [1.29, 1.82) is 0 Å². The van der Waals surface area contributed by atoms with E-state index in [9.17, 15) is 13.2 Å². The standard InChI is InChI=1S/C16H30F3N/c1-14(13-16(17,18)19)20-15-11-9-7-5-3-2-4-6-8-10-12-15/h14-15,20H,2-13H2,1H3. The fourth-order valence-electron chi connectivity index (χ4n) is 3.14. The molecule has 1 fully saturated rings. The van der Waals surface area contributed by atoms with E-state index in [-0.39, 0.29) is 6.04 Å². The summed E-state index contributed by atoms with van der Waals surface area (Å²) in [5.74, 6) is 0. The summed E-state index contributed by atoms with van der Waals surface area (Å²) < 4.78 is 37.1. The second-order valence-corrected chi connectivity index (χ2v) is 6.34. The molecule has 1 N–H and O–H groups in total. The van der Waals surface area contributed by atoms with Gasteiger partial charge >= 0.3 is 6.18 Å². The van der Waals surface area contributed by atoms with Crippen molar-refractivity contribution in [3.8, 4) is 0 Å². The fourth-order valence-corrected chi connectivity index (χ4v) is 3.14. The molecule has 0 aromatic heterocycles. The molecule has 0 radical (unpaired) electrons. The minimum atomic E-state index is -4.06. The molecule has 0 bridgehead atoms. The molecule has 20 heavy (non-hydrogen) atoms. The lowest BCUT2D eigenvalue weighted by Gasteiger charge is -2.24. The van der Waals surface area contributed by atoms with Crippen LogP contribution in [0, 0.1) is 0 Å². The van der Waals surface area contributed by atoms with E-state index in [0.717, 1.165) is 25.7 Å². The summed E-state index contributed by atoms with van der Waals surface area (Å²) in [5.41, 5.74) is 0. The first-order valence-electron chi connectivity index (χ1n) is 8.30. The Bertz CT molecular complexity index is 228. The van der Waals surface area contributed by atoms with E-state index in [1.807, 2.05) is 0 Å². The molecule has 1 saturated carbocycles. The van der Waals surface area contributed by atoms with Crippen LogP contribution >= 0.6 is 0 Å². The van der Waals surface area contributed by atoms with Crippen molar-refractivity contribution in [2.45, 2.75) is 102 Å². The molecule has 0 spiro atoms. The van der Waals surface area contributed by atoms with Crippen LogP contribution in [-0.4, -0.2) is 18.3 Å². The minimum Gasteiger partial charge on any atom is -0.311 e. The SMILES string of the molecule is CC(CC(F)(F)F)NC1CCCCCCCCCCC1. The van der Waals surface area contributed by atoms with Crippen LogP contribution in [0.2, 0.25) is 0 Å². The molecule has 0 aromatic carbocycles. The first-order chi connectivity index (χ1) is 9.47. The van der Waals surface area contributed by atoms with Crippen LogP contribution in [0.4, 0.5) is 13.2 Å². The summed E-state index contributed by atoms with van der Waals surface area (Å²) >= 11 is 0. The largest absolute Gasteiger partial charge is 0.390 e. The van der Waals surface area contributed by atoms with Gasteiger partial charge in [-0.25, -0.2) is 0 Å². The predicted octanol–water partition coefficient (Wildman–Crippen LogP) is 5.59. The zero-order valence-corrected chi connectivity index (χ0v) is 12.8. The lowest BCUT2D eigenvalue weighted by Crippen LogP contribution is -2.39. The molecular formula is C16H30F3N. The summed E-state index contributed by atoms with van der Waals surface area (Å²) in [6.45, 7) is 1.66. The van der Waals surface area contributed by atoms with Gasteiger partial charge in [0, 0.05) is 12.1 Å². The van der Waals surface area contributed by atoms with E-state index in [2.05, 4.69) is 5.32 Å². The van der Waals surface area contributed by atoms with Crippen molar-refractivity contribution in [1.82, 2.24) is 5.32 Å². The normalized spacial score (nSPS) is 22.8. The van der Waals surface area contributed by atoms with Crippen molar-refractivity contribution in [3.05, 3.63) is 0 Å². The van der Waals surface area contributed by atoms with Gasteiger partial charge in [-0.1, -0.05) is 57.8 Å². The molecule has 120 valence electrons. The van der Waals surface area contributed by atoms with Gasteiger partial charge in [0.25, 0.3) is 0 Å². The van der Waals surface area contributed by atoms with Crippen molar-refractivity contribution in [2.75, 3.05) is 0 Å². The van der Waals surface area contributed by atoms with E-state index in [0.29, 0.717) is 0 Å². The third-order valence-electron chi connectivity index (χ3n) is 4.16. The third-order valence-corrected chi connectivity index (χ3v) is 4.16. The summed E-state index contributed by atoms with van der Waals surface area (Å²) in [6, 6.07) is -0.195. The van der Waals surface area contributed by atoms with Gasteiger partial charge in [0.15, 0.2) is 0 Å². The maximum Gasteiger partial charge on any atom is 0.390 e. The minimum absolute atomic E-state index is 0.270. The zero-order valence-electron chi connectivity index (χ0n) is 12.8. The average Bonchev–Trinajstić information content (AvgIpc) is 2.30. The molecule has 1 unspecified atom stereocenters. The summed E-state index contributed by atoms with van der Waals surface area (Å²) in [6.07, 6.45) is 8.60. The third kappa shape index (κ3) is 9.62. The topological polar surface area (TPSA) is 12.0 Å². The van der Waals surface area contributed by atoms with Crippen LogP contribution in [0.1, 0.15) is 84.0 Å². The van der Waals surface area contributed by atoms with Crippen LogP contribution in [0.3, 0.4) is 0 Å². The van der Waals surface area contributed by atoms with E-state index in [4.69, 9.17) is 0 Å². The van der Waals surface area contributed by atoms with Crippen molar-refractivity contribution in [2.24, 2.45) is 0 Å². The zero-order chi connectivity index (χ0) is 14.8. The van der Waals surface area contributed by atoms with Crippen LogP contribution in [0.5, 0.6) is 0 Å². The Morgan fingerprint density at radius 3 is 1.65 bits per heavy atom. The second-order valence-electron chi connectivity index (χ2n) is 6.34. The van der Waals surface area contributed by atoms with Gasteiger partial charge in [0.2, 0.25) is 0 Å². The van der Waals surface area contributed by atoms with Crippen molar-refractivity contribution >= 4 is 0 Å². The Balaban J connectivity index is 2.34. The number of nitrogens with one attached hydrogen (secondary N) is 1. The van der Waals surface area contributed by atoms with Crippen LogP contribution in [-0.2, 0) is 0 Å². The Morgan fingerprint density at radius 1 is 0.850 bits per heavy atom. The monoisotopic (exact) mass is 293 g/mol. The van der Waals surface area contributed by atoms with E-state index < -0.39 is 18.6 Å². The molecular weight excluding hydrogens is 263 g/mol. The number of hydrogen-bond acceptors (Lipinski definition) is 1. The van der Waals surface area contributed by atoms with Gasteiger partial charge in [-0.2, -0.15) is 13.2 Å². The lowest BCUT2D eigenvalue weighted by molar-refractivity contribution is -0.139. The molecule has 0 aliphatic heterocycles.